The lowest BCUT2D eigenvalue weighted by molar-refractivity contribution is -0.118. The van der Waals surface area contributed by atoms with E-state index in [0.717, 1.165) is 39.1 Å². The number of carbonyl (C=O) groups is 1. The van der Waals surface area contributed by atoms with Crippen molar-refractivity contribution in [3.05, 3.63) is 76.5 Å². The maximum absolute atomic E-state index is 12.4. The van der Waals surface area contributed by atoms with Gasteiger partial charge in [0.1, 0.15) is 0 Å². The van der Waals surface area contributed by atoms with E-state index < -0.39 is 0 Å². The summed E-state index contributed by atoms with van der Waals surface area (Å²) in [7, 11) is 0. The van der Waals surface area contributed by atoms with Gasteiger partial charge >= 0.3 is 0 Å². The lowest BCUT2D eigenvalue weighted by Crippen LogP contribution is -2.21. The number of fused-ring (bicyclic) bond motifs is 1. The third-order valence-electron chi connectivity index (χ3n) is 5.28. The number of hydrogen-bond acceptors (Lipinski definition) is 4. The molecule has 4 aromatic rings. The fourth-order valence-corrected chi connectivity index (χ4v) is 3.61. The Kier molecular flexibility index (Phi) is 5.46. The van der Waals surface area contributed by atoms with E-state index in [0.29, 0.717) is 11.5 Å². The number of rotatable bonds is 5. The highest BCUT2D eigenvalue weighted by atomic mass is 16.5. The highest BCUT2D eigenvalue weighted by Gasteiger charge is 2.15. The minimum atomic E-state index is -0.225. The molecule has 0 radical (unpaired) electrons. The number of amides is 1. The lowest BCUT2D eigenvalue weighted by Gasteiger charge is -2.11. The van der Waals surface area contributed by atoms with E-state index in [-0.39, 0.29) is 12.5 Å². The van der Waals surface area contributed by atoms with E-state index in [1.54, 1.807) is 0 Å². The standard InChI is InChI=1S/C25H26N4O2/c1-15-7-10-20(11-8-15)29-25-24(19(5)28-29)18(4)13-23(27-25)31-14-22(30)26-21-12-16(2)6-9-17(21)3/h6-13H,14H2,1-5H3,(H,26,30). The Morgan fingerprint density at radius 1 is 0.935 bits per heavy atom. The number of ether oxygens (including phenoxy) is 1. The highest BCUT2D eigenvalue weighted by Crippen LogP contribution is 2.27. The number of benzene rings is 2. The molecule has 6 nitrogen and oxygen atoms in total. The van der Waals surface area contributed by atoms with Gasteiger partial charge in [-0.1, -0.05) is 29.8 Å². The van der Waals surface area contributed by atoms with Gasteiger partial charge in [-0.2, -0.15) is 10.1 Å². The van der Waals surface area contributed by atoms with Crippen LogP contribution in [-0.4, -0.2) is 27.3 Å². The summed E-state index contributed by atoms with van der Waals surface area (Å²) in [6.45, 7) is 9.86. The topological polar surface area (TPSA) is 69.0 Å². The Hall–Kier alpha value is -3.67. The minimum Gasteiger partial charge on any atom is -0.467 e. The van der Waals surface area contributed by atoms with E-state index in [1.807, 2.05) is 87.8 Å². The van der Waals surface area contributed by atoms with Crippen LogP contribution in [0.2, 0.25) is 0 Å². The molecule has 158 valence electrons. The average Bonchev–Trinajstić information content (AvgIpc) is 3.06. The molecule has 2 heterocycles. The van der Waals surface area contributed by atoms with Gasteiger partial charge in [-0.15, -0.1) is 0 Å². The van der Waals surface area contributed by atoms with Crippen molar-refractivity contribution >= 4 is 22.6 Å². The molecule has 0 fully saturated rings. The second kappa shape index (κ2) is 8.22. The molecule has 2 aromatic carbocycles. The van der Waals surface area contributed by atoms with Gasteiger partial charge in [0.05, 0.1) is 11.4 Å². The van der Waals surface area contributed by atoms with Crippen molar-refractivity contribution in [1.29, 1.82) is 0 Å². The SMILES string of the molecule is Cc1ccc(-n2nc(C)c3c(C)cc(OCC(=O)Nc4cc(C)ccc4C)nc32)cc1. The van der Waals surface area contributed by atoms with Gasteiger partial charge in [0.2, 0.25) is 5.88 Å². The molecule has 0 spiro atoms. The Balaban J connectivity index is 1.58. The van der Waals surface area contributed by atoms with E-state index in [1.165, 1.54) is 5.56 Å². The number of aromatic nitrogens is 3. The van der Waals surface area contributed by atoms with Crippen molar-refractivity contribution in [2.24, 2.45) is 0 Å². The molecule has 0 saturated heterocycles. The van der Waals surface area contributed by atoms with Gasteiger partial charge in [-0.25, -0.2) is 4.68 Å². The van der Waals surface area contributed by atoms with Crippen LogP contribution in [0.15, 0.2) is 48.5 Å². The van der Waals surface area contributed by atoms with E-state index in [4.69, 9.17) is 4.74 Å². The molecule has 4 rings (SSSR count). The van der Waals surface area contributed by atoms with Crippen LogP contribution in [0.4, 0.5) is 5.69 Å². The zero-order valence-electron chi connectivity index (χ0n) is 18.5. The molecule has 31 heavy (non-hydrogen) atoms. The number of aryl methyl sites for hydroxylation is 5. The summed E-state index contributed by atoms with van der Waals surface area (Å²) >= 11 is 0. The minimum absolute atomic E-state index is 0.122. The van der Waals surface area contributed by atoms with Crippen molar-refractivity contribution in [2.45, 2.75) is 34.6 Å². The van der Waals surface area contributed by atoms with Crippen molar-refractivity contribution in [2.75, 3.05) is 11.9 Å². The first kappa shape index (κ1) is 20.6. The smallest absolute Gasteiger partial charge is 0.262 e. The number of nitrogens with one attached hydrogen (secondary N) is 1. The first-order chi connectivity index (χ1) is 14.8. The molecule has 0 aliphatic rings. The predicted molar refractivity (Wildman–Crippen MR) is 123 cm³/mol. The van der Waals surface area contributed by atoms with Gasteiger partial charge in [-0.3, -0.25) is 4.79 Å². The van der Waals surface area contributed by atoms with E-state index in [9.17, 15) is 4.79 Å². The maximum Gasteiger partial charge on any atom is 0.262 e. The third kappa shape index (κ3) is 4.28. The van der Waals surface area contributed by atoms with Crippen molar-refractivity contribution in [3.63, 3.8) is 0 Å². The monoisotopic (exact) mass is 414 g/mol. The Morgan fingerprint density at radius 2 is 1.65 bits per heavy atom. The normalized spacial score (nSPS) is 11.0. The van der Waals surface area contributed by atoms with Crippen LogP contribution in [0.5, 0.6) is 5.88 Å². The molecule has 0 atom stereocenters. The molecular weight excluding hydrogens is 388 g/mol. The van der Waals surface area contributed by atoms with Crippen molar-refractivity contribution < 1.29 is 9.53 Å². The molecule has 0 aliphatic heterocycles. The van der Waals surface area contributed by atoms with Crippen LogP contribution < -0.4 is 10.1 Å². The largest absolute Gasteiger partial charge is 0.467 e. The first-order valence-electron chi connectivity index (χ1n) is 10.3. The third-order valence-corrected chi connectivity index (χ3v) is 5.28. The Morgan fingerprint density at radius 3 is 2.39 bits per heavy atom. The molecule has 1 N–H and O–H groups in total. The first-order valence-corrected chi connectivity index (χ1v) is 10.3. The van der Waals surface area contributed by atoms with Crippen LogP contribution in [0, 0.1) is 34.6 Å². The molecule has 6 heteroatoms. The van der Waals surface area contributed by atoms with Crippen LogP contribution in [0.3, 0.4) is 0 Å². The second-order valence-corrected chi connectivity index (χ2v) is 7.96. The van der Waals surface area contributed by atoms with Gasteiger partial charge in [0.25, 0.3) is 5.91 Å². The molecule has 0 unspecified atom stereocenters. The van der Waals surface area contributed by atoms with Crippen LogP contribution >= 0.6 is 0 Å². The summed E-state index contributed by atoms with van der Waals surface area (Å²) in [4.78, 5) is 17.1. The number of pyridine rings is 1. The number of hydrogen-bond donors (Lipinski definition) is 1. The zero-order chi connectivity index (χ0) is 22.1. The van der Waals surface area contributed by atoms with Gasteiger partial charge in [0, 0.05) is 17.1 Å². The molecule has 1 amide bonds. The predicted octanol–water partition coefficient (Wildman–Crippen LogP) is 4.98. The average molecular weight is 415 g/mol. The highest BCUT2D eigenvalue weighted by molar-refractivity contribution is 5.92. The van der Waals surface area contributed by atoms with Crippen LogP contribution in [0.25, 0.3) is 16.7 Å². The molecule has 2 aromatic heterocycles. The van der Waals surface area contributed by atoms with E-state index >= 15 is 0 Å². The van der Waals surface area contributed by atoms with Crippen LogP contribution in [0.1, 0.15) is 27.9 Å². The van der Waals surface area contributed by atoms with Crippen molar-refractivity contribution in [1.82, 2.24) is 14.8 Å². The summed E-state index contributed by atoms with van der Waals surface area (Å²) in [6.07, 6.45) is 0. The molecular formula is C25H26N4O2. The molecule has 0 saturated carbocycles. The summed E-state index contributed by atoms with van der Waals surface area (Å²) in [5, 5.41) is 8.58. The van der Waals surface area contributed by atoms with Crippen molar-refractivity contribution in [3.8, 4) is 11.6 Å². The maximum atomic E-state index is 12.4. The lowest BCUT2D eigenvalue weighted by atomic mass is 10.1. The quantitative estimate of drug-likeness (QED) is 0.500. The fourth-order valence-electron chi connectivity index (χ4n) is 3.61. The Labute approximate surface area is 181 Å². The number of nitrogens with zero attached hydrogens (tertiary/aromatic N) is 3. The summed E-state index contributed by atoms with van der Waals surface area (Å²) < 4.78 is 7.57. The van der Waals surface area contributed by atoms with Crippen LogP contribution in [-0.2, 0) is 4.79 Å². The molecule has 0 bridgehead atoms. The summed E-state index contributed by atoms with van der Waals surface area (Å²) in [5.41, 5.74) is 7.62. The molecule has 0 aliphatic carbocycles. The fraction of sp³-hybridized carbons (Fsp3) is 0.240. The Bertz CT molecular complexity index is 1270. The van der Waals surface area contributed by atoms with E-state index in [2.05, 4.69) is 15.4 Å². The zero-order valence-corrected chi connectivity index (χ0v) is 18.5. The van der Waals surface area contributed by atoms with Gasteiger partial charge in [-0.05, 0) is 69.5 Å². The summed E-state index contributed by atoms with van der Waals surface area (Å²) in [5.74, 6) is 0.172. The van der Waals surface area contributed by atoms with Gasteiger partial charge < -0.3 is 10.1 Å². The number of anilines is 1. The summed E-state index contributed by atoms with van der Waals surface area (Å²) in [6, 6.07) is 15.9. The second-order valence-electron chi connectivity index (χ2n) is 7.96. The van der Waals surface area contributed by atoms with Gasteiger partial charge in [0.15, 0.2) is 12.3 Å². The number of carbonyl (C=O) groups excluding carboxylic acids is 1.